The highest BCUT2D eigenvalue weighted by molar-refractivity contribution is 9.10. The van der Waals surface area contributed by atoms with Gasteiger partial charge in [-0.05, 0) is 56.4 Å². The second kappa shape index (κ2) is 8.87. The second-order valence-corrected chi connectivity index (χ2v) is 6.82. The number of carbonyl (C=O) groups excluding carboxylic acids is 2. The van der Waals surface area contributed by atoms with Gasteiger partial charge in [-0.1, -0.05) is 15.9 Å². The molecule has 0 spiro atoms. The maximum atomic E-state index is 13.8. The van der Waals surface area contributed by atoms with E-state index < -0.39 is 0 Å². The Bertz CT molecular complexity index is 763. The molecule has 0 atom stereocenters. The number of hydrogen-bond acceptors (Lipinski definition) is 3. The zero-order valence-corrected chi connectivity index (χ0v) is 15.8. The third kappa shape index (κ3) is 6.07. The van der Waals surface area contributed by atoms with E-state index in [1.807, 2.05) is 11.9 Å². The van der Waals surface area contributed by atoms with E-state index in [9.17, 15) is 14.0 Å². The van der Waals surface area contributed by atoms with Gasteiger partial charge in [0.2, 0.25) is 5.91 Å². The molecule has 0 bridgehead atoms. The Morgan fingerprint density at radius 1 is 1.16 bits per heavy atom. The van der Waals surface area contributed by atoms with E-state index in [-0.39, 0.29) is 17.5 Å². The van der Waals surface area contributed by atoms with E-state index in [1.165, 1.54) is 13.0 Å². The predicted molar refractivity (Wildman–Crippen MR) is 100 cm³/mol. The number of hydrogen-bond donors (Lipinski definition) is 1. The van der Waals surface area contributed by atoms with Gasteiger partial charge in [0.25, 0.3) is 0 Å². The quantitative estimate of drug-likeness (QED) is 0.699. The molecule has 132 valence electrons. The van der Waals surface area contributed by atoms with E-state index in [2.05, 4.69) is 21.2 Å². The first-order valence-corrected chi connectivity index (χ1v) is 8.68. The Kier molecular flexibility index (Phi) is 6.84. The van der Waals surface area contributed by atoms with Crippen molar-refractivity contribution in [2.45, 2.75) is 19.9 Å². The highest BCUT2D eigenvalue weighted by atomic mass is 79.9. The monoisotopic (exact) mass is 406 g/mol. The second-order valence-electron chi connectivity index (χ2n) is 5.91. The lowest BCUT2D eigenvalue weighted by Gasteiger charge is -2.17. The van der Waals surface area contributed by atoms with Crippen molar-refractivity contribution in [2.24, 2.45) is 0 Å². The van der Waals surface area contributed by atoms with Gasteiger partial charge in [0, 0.05) is 40.8 Å². The maximum absolute atomic E-state index is 13.8. The average Bonchev–Trinajstić information content (AvgIpc) is 2.57. The van der Waals surface area contributed by atoms with Crippen LogP contribution in [0.3, 0.4) is 0 Å². The Hall–Kier alpha value is -2.05. The number of benzene rings is 2. The van der Waals surface area contributed by atoms with Gasteiger partial charge in [0.05, 0.1) is 0 Å². The van der Waals surface area contributed by atoms with Crippen LogP contribution in [0.4, 0.5) is 10.1 Å². The largest absolute Gasteiger partial charge is 0.326 e. The minimum absolute atomic E-state index is 0.0146. The third-order valence-corrected chi connectivity index (χ3v) is 4.24. The molecule has 0 saturated heterocycles. The van der Waals surface area contributed by atoms with Crippen molar-refractivity contribution < 1.29 is 14.0 Å². The van der Waals surface area contributed by atoms with E-state index in [4.69, 9.17) is 0 Å². The van der Waals surface area contributed by atoms with Crippen LogP contribution in [0, 0.1) is 5.82 Å². The number of rotatable bonds is 7. The van der Waals surface area contributed by atoms with Gasteiger partial charge in [-0.3, -0.25) is 9.59 Å². The summed E-state index contributed by atoms with van der Waals surface area (Å²) in [5.74, 6) is -0.401. The molecule has 0 saturated carbocycles. The fraction of sp³-hybridized carbons (Fsp3) is 0.263. The molecule has 0 heterocycles. The van der Waals surface area contributed by atoms with Gasteiger partial charge in [0.15, 0.2) is 5.78 Å². The number of halogens is 2. The van der Waals surface area contributed by atoms with E-state index in [0.717, 1.165) is 4.47 Å². The van der Waals surface area contributed by atoms with Crippen molar-refractivity contribution in [3.05, 3.63) is 63.9 Å². The fourth-order valence-corrected chi connectivity index (χ4v) is 2.75. The molecular weight excluding hydrogens is 387 g/mol. The first-order valence-electron chi connectivity index (χ1n) is 7.88. The summed E-state index contributed by atoms with van der Waals surface area (Å²) in [6, 6.07) is 11.6. The SMILES string of the molecule is CC(=O)c1ccc(NC(=O)CCN(C)Cc2cc(Br)ccc2F)cc1. The molecule has 0 fully saturated rings. The molecule has 2 aromatic rings. The molecule has 0 aliphatic carbocycles. The number of Topliss-reactive ketones (excluding diaryl/α,β-unsaturated/α-hetero) is 1. The molecule has 0 radical (unpaired) electrons. The van der Waals surface area contributed by atoms with Crippen LogP contribution in [-0.2, 0) is 11.3 Å². The van der Waals surface area contributed by atoms with Crippen LogP contribution in [0.2, 0.25) is 0 Å². The predicted octanol–water partition coefficient (Wildman–Crippen LogP) is 4.25. The van der Waals surface area contributed by atoms with Crippen LogP contribution >= 0.6 is 15.9 Å². The van der Waals surface area contributed by atoms with Gasteiger partial charge >= 0.3 is 0 Å². The summed E-state index contributed by atoms with van der Waals surface area (Å²) in [5, 5.41) is 2.79. The molecule has 6 heteroatoms. The lowest BCUT2D eigenvalue weighted by molar-refractivity contribution is -0.116. The van der Waals surface area contributed by atoms with Crippen molar-refractivity contribution in [3.8, 4) is 0 Å². The van der Waals surface area contributed by atoms with E-state index >= 15 is 0 Å². The van der Waals surface area contributed by atoms with E-state index in [0.29, 0.717) is 36.3 Å². The van der Waals surface area contributed by atoms with Crippen LogP contribution in [0.25, 0.3) is 0 Å². The lowest BCUT2D eigenvalue weighted by atomic mass is 10.1. The van der Waals surface area contributed by atoms with Gasteiger partial charge in [-0.15, -0.1) is 0 Å². The lowest BCUT2D eigenvalue weighted by Crippen LogP contribution is -2.24. The highest BCUT2D eigenvalue weighted by Gasteiger charge is 2.09. The zero-order valence-electron chi connectivity index (χ0n) is 14.2. The van der Waals surface area contributed by atoms with E-state index in [1.54, 1.807) is 36.4 Å². The van der Waals surface area contributed by atoms with Crippen LogP contribution in [0.5, 0.6) is 0 Å². The molecule has 2 aromatic carbocycles. The van der Waals surface area contributed by atoms with Gasteiger partial charge in [-0.25, -0.2) is 4.39 Å². The van der Waals surface area contributed by atoms with Crippen LogP contribution < -0.4 is 5.32 Å². The minimum Gasteiger partial charge on any atom is -0.326 e. The summed E-state index contributed by atoms with van der Waals surface area (Å²) in [4.78, 5) is 25.1. The Balaban J connectivity index is 1.82. The number of amides is 1. The van der Waals surface area contributed by atoms with Crippen molar-refractivity contribution in [3.63, 3.8) is 0 Å². The molecule has 1 N–H and O–H groups in total. The normalized spacial score (nSPS) is 10.8. The molecular formula is C19H20BrFN2O2. The minimum atomic E-state index is -0.259. The topological polar surface area (TPSA) is 49.4 Å². The average molecular weight is 407 g/mol. The molecule has 0 unspecified atom stereocenters. The molecule has 4 nitrogen and oxygen atoms in total. The maximum Gasteiger partial charge on any atom is 0.225 e. The summed E-state index contributed by atoms with van der Waals surface area (Å²) in [6.07, 6.45) is 0.292. The van der Waals surface area contributed by atoms with Gasteiger partial charge in [-0.2, -0.15) is 0 Å². The fourth-order valence-electron chi connectivity index (χ4n) is 2.34. The molecule has 2 rings (SSSR count). The Labute approximate surface area is 155 Å². The first kappa shape index (κ1) is 19.3. The molecule has 0 aromatic heterocycles. The van der Waals surface area contributed by atoms with Crippen molar-refractivity contribution >= 4 is 33.3 Å². The number of nitrogens with zero attached hydrogens (tertiary/aromatic N) is 1. The van der Waals surface area contributed by atoms with Crippen molar-refractivity contribution in [1.29, 1.82) is 0 Å². The van der Waals surface area contributed by atoms with Gasteiger partial charge in [0.1, 0.15) is 5.82 Å². The summed E-state index contributed by atoms with van der Waals surface area (Å²) in [5.41, 5.74) is 1.83. The third-order valence-electron chi connectivity index (χ3n) is 3.74. The van der Waals surface area contributed by atoms with Gasteiger partial charge < -0.3 is 10.2 Å². The smallest absolute Gasteiger partial charge is 0.225 e. The molecule has 0 aliphatic heterocycles. The molecule has 25 heavy (non-hydrogen) atoms. The van der Waals surface area contributed by atoms with Crippen molar-refractivity contribution in [2.75, 3.05) is 18.9 Å². The molecule has 1 amide bonds. The number of nitrogens with one attached hydrogen (secondary N) is 1. The molecule has 0 aliphatic rings. The summed E-state index contributed by atoms with van der Waals surface area (Å²) in [6.45, 7) is 2.42. The Morgan fingerprint density at radius 3 is 2.48 bits per heavy atom. The van der Waals surface area contributed by atoms with Crippen molar-refractivity contribution in [1.82, 2.24) is 4.90 Å². The summed E-state index contributed by atoms with van der Waals surface area (Å²) in [7, 11) is 1.84. The van der Waals surface area contributed by atoms with Crippen LogP contribution in [0.15, 0.2) is 46.9 Å². The van der Waals surface area contributed by atoms with Crippen LogP contribution in [-0.4, -0.2) is 30.2 Å². The number of anilines is 1. The Morgan fingerprint density at radius 2 is 1.84 bits per heavy atom. The first-order chi connectivity index (χ1) is 11.8. The summed E-state index contributed by atoms with van der Waals surface area (Å²) >= 11 is 3.33. The van der Waals surface area contributed by atoms with Crippen LogP contribution in [0.1, 0.15) is 29.3 Å². The number of carbonyl (C=O) groups is 2. The highest BCUT2D eigenvalue weighted by Crippen LogP contribution is 2.17. The standard InChI is InChI=1S/C19H20BrFN2O2/c1-13(24)14-3-6-17(7-4-14)22-19(25)9-10-23(2)12-15-11-16(20)5-8-18(15)21/h3-8,11H,9-10,12H2,1-2H3,(H,22,25). The number of ketones is 1. The summed E-state index contributed by atoms with van der Waals surface area (Å²) < 4.78 is 14.6. The zero-order chi connectivity index (χ0) is 18.4.